The quantitative estimate of drug-likeness (QED) is 0.471. The second-order valence-electron chi connectivity index (χ2n) is 4.06. The molecule has 1 aromatic heterocycles. The molecule has 1 heterocycles. The van der Waals surface area contributed by atoms with Crippen LogP contribution in [0.5, 0.6) is 0 Å². The fraction of sp³-hybridized carbons (Fsp3) is 0.308. The van der Waals surface area contributed by atoms with E-state index in [4.69, 9.17) is 9.15 Å². The molecule has 0 radical (unpaired) electrons. The van der Waals surface area contributed by atoms with Crippen LogP contribution < -0.4 is 0 Å². The Labute approximate surface area is 123 Å². The molecule has 1 aromatic carbocycles. The van der Waals surface area contributed by atoms with Gasteiger partial charge in [-0.15, -0.1) is 0 Å². The van der Waals surface area contributed by atoms with Crippen molar-refractivity contribution in [2.24, 2.45) is 0 Å². The van der Waals surface area contributed by atoms with Crippen LogP contribution in [0.15, 0.2) is 27.1 Å². The fourth-order valence-corrected chi connectivity index (χ4v) is 2.47. The van der Waals surface area contributed by atoms with Gasteiger partial charge in [0, 0.05) is 17.9 Å². The Bertz CT molecular complexity index is 664. The smallest absolute Gasteiger partial charge is 0.312 e. The van der Waals surface area contributed by atoms with Crippen LogP contribution in [-0.4, -0.2) is 17.5 Å². The van der Waals surface area contributed by atoms with Crippen LogP contribution in [0, 0.1) is 10.1 Å². The van der Waals surface area contributed by atoms with Gasteiger partial charge in [0.05, 0.1) is 22.4 Å². The van der Waals surface area contributed by atoms with E-state index in [0.29, 0.717) is 28.6 Å². The van der Waals surface area contributed by atoms with Crippen molar-refractivity contribution in [3.63, 3.8) is 0 Å². The number of halogens is 1. The van der Waals surface area contributed by atoms with Crippen LogP contribution in [0.1, 0.15) is 19.1 Å². The van der Waals surface area contributed by atoms with E-state index < -0.39 is 4.92 Å². The highest BCUT2D eigenvalue weighted by molar-refractivity contribution is 9.10. The number of nitro groups is 1. The first-order valence-electron chi connectivity index (χ1n) is 6.04. The molecule has 0 N–H and O–H groups in total. The third-order valence-electron chi connectivity index (χ3n) is 2.76. The average Bonchev–Trinajstić information content (AvgIpc) is 2.73. The molecule has 0 spiro atoms. The van der Waals surface area contributed by atoms with E-state index in [2.05, 4.69) is 15.9 Å². The molecule has 0 fully saturated rings. The van der Waals surface area contributed by atoms with Gasteiger partial charge in [-0.1, -0.05) is 6.07 Å². The molecule has 0 atom stereocenters. The number of benzene rings is 1. The zero-order valence-electron chi connectivity index (χ0n) is 10.7. The number of fused-ring (bicyclic) bond motifs is 1. The number of carbonyl (C=O) groups is 1. The van der Waals surface area contributed by atoms with Gasteiger partial charge in [0.15, 0.2) is 0 Å². The number of nitro benzene ring substituents is 1. The van der Waals surface area contributed by atoms with Crippen LogP contribution in [0.2, 0.25) is 0 Å². The van der Waals surface area contributed by atoms with Crippen LogP contribution in [0.25, 0.3) is 11.0 Å². The highest BCUT2D eigenvalue weighted by Crippen LogP contribution is 2.36. The number of esters is 1. The first-order valence-corrected chi connectivity index (χ1v) is 6.83. The van der Waals surface area contributed by atoms with Gasteiger partial charge in [0.25, 0.3) is 0 Å². The number of non-ortho nitro benzene ring substituents is 1. The number of ether oxygens (including phenoxy) is 1. The maximum absolute atomic E-state index is 11.3. The maximum Gasteiger partial charge on any atom is 0.312 e. The molecule has 0 aliphatic heterocycles. The molecule has 0 saturated carbocycles. The van der Waals surface area contributed by atoms with Crippen molar-refractivity contribution in [3.05, 3.63) is 38.5 Å². The molecule has 0 saturated heterocycles. The molecule has 106 valence electrons. The Balaban J connectivity index is 2.31. The van der Waals surface area contributed by atoms with E-state index in [-0.39, 0.29) is 23.7 Å². The van der Waals surface area contributed by atoms with Crippen molar-refractivity contribution in [1.29, 1.82) is 0 Å². The summed E-state index contributed by atoms with van der Waals surface area (Å²) >= 11 is 3.36. The molecule has 20 heavy (non-hydrogen) atoms. The molecule has 0 bridgehead atoms. The molecule has 0 amide bonds. The van der Waals surface area contributed by atoms with Crippen LogP contribution in [0.3, 0.4) is 0 Å². The summed E-state index contributed by atoms with van der Waals surface area (Å²) in [6.45, 7) is 2.06. The molecular weight excluding hydrogens is 330 g/mol. The molecule has 0 unspecified atom stereocenters. The van der Waals surface area contributed by atoms with Crippen molar-refractivity contribution in [2.75, 3.05) is 6.61 Å². The maximum atomic E-state index is 11.3. The zero-order chi connectivity index (χ0) is 14.7. The standard InChI is InChI=1S/C13H12BrNO5/c1-2-19-11(16)7-6-10-12(14)8-4-3-5-9(15(17)18)13(8)20-10/h3-5H,2,6-7H2,1H3. The van der Waals surface area contributed by atoms with Crippen molar-refractivity contribution < 1.29 is 18.9 Å². The van der Waals surface area contributed by atoms with E-state index in [1.165, 1.54) is 6.07 Å². The Morgan fingerprint density at radius 2 is 2.25 bits per heavy atom. The molecule has 2 rings (SSSR count). The number of para-hydroxylation sites is 1. The largest absolute Gasteiger partial charge is 0.466 e. The molecule has 0 aliphatic rings. The minimum Gasteiger partial charge on any atom is -0.466 e. The van der Waals surface area contributed by atoms with Crippen molar-refractivity contribution in [3.8, 4) is 0 Å². The molecular formula is C13H12BrNO5. The Morgan fingerprint density at radius 3 is 2.90 bits per heavy atom. The molecule has 6 nitrogen and oxygen atoms in total. The lowest BCUT2D eigenvalue weighted by Gasteiger charge is -1.99. The lowest BCUT2D eigenvalue weighted by atomic mass is 10.2. The van der Waals surface area contributed by atoms with Crippen LogP contribution >= 0.6 is 15.9 Å². The lowest BCUT2D eigenvalue weighted by Crippen LogP contribution is -2.04. The Hall–Kier alpha value is -1.89. The lowest BCUT2D eigenvalue weighted by molar-refractivity contribution is -0.383. The van der Waals surface area contributed by atoms with Gasteiger partial charge in [0.2, 0.25) is 5.58 Å². The van der Waals surface area contributed by atoms with Crippen LogP contribution in [-0.2, 0) is 16.0 Å². The molecule has 0 aliphatic carbocycles. The van der Waals surface area contributed by atoms with Crippen molar-refractivity contribution in [1.82, 2.24) is 0 Å². The third kappa shape index (κ3) is 2.82. The number of rotatable bonds is 5. The summed E-state index contributed by atoms with van der Waals surface area (Å²) in [5.41, 5.74) is 0.119. The van der Waals surface area contributed by atoms with Gasteiger partial charge >= 0.3 is 11.7 Å². The van der Waals surface area contributed by atoms with Gasteiger partial charge in [-0.05, 0) is 28.9 Å². The van der Waals surface area contributed by atoms with Crippen LogP contribution in [0.4, 0.5) is 5.69 Å². The highest BCUT2D eigenvalue weighted by atomic mass is 79.9. The number of hydrogen-bond acceptors (Lipinski definition) is 5. The number of nitrogens with zero attached hydrogens (tertiary/aromatic N) is 1. The SMILES string of the molecule is CCOC(=O)CCc1oc2c([N+](=O)[O-])cccc2c1Br. The van der Waals surface area contributed by atoms with E-state index >= 15 is 0 Å². The normalized spacial score (nSPS) is 10.7. The minimum absolute atomic E-state index is 0.0921. The van der Waals surface area contributed by atoms with Gasteiger partial charge in [-0.25, -0.2) is 0 Å². The van der Waals surface area contributed by atoms with E-state index in [1.54, 1.807) is 19.1 Å². The second-order valence-corrected chi connectivity index (χ2v) is 4.85. The first kappa shape index (κ1) is 14.5. The third-order valence-corrected chi connectivity index (χ3v) is 3.63. The summed E-state index contributed by atoms with van der Waals surface area (Å²) in [6.07, 6.45) is 0.491. The monoisotopic (exact) mass is 341 g/mol. The number of furan rings is 1. The number of aryl methyl sites for hydroxylation is 1. The number of carbonyl (C=O) groups excluding carboxylic acids is 1. The summed E-state index contributed by atoms with van der Waals surface area (Å²) in [5, 5.41) is 11.6. The molecule has 7 heteroatoms. The van der Waals surface area contributed by atoms with Gasteiger partial charge in [-0.3, -0.25) is 14.9 Å². The van der Waals surface area contributed by atoms with Crippen molar-refractivity contribution >= 4 is 38.6 Å². The number of hydrogen-bond donors (Lipinski definition) is 0. The minimum atomic E-state index is -0.493. The summed E-state index contributed by atoms with van der Waals surface area (Å²) in [6, 6.07) is 4.70. The predicted octanol–water partition coefficient (Wildman–Crippen LogP) is 3.60. The molecule has 2 aromatic rings. The second kappa shape index (κ2) is 6.04. The van der Waals surface area contributed by atoms with E-state index in [0.717, 1.165) is 0 Å². The van der Waals surface area contributed by atoms with E-state index in [9.17, 15) is 14.9 Å². The van der Waals surface area contributed by atoms with Gasteiger partial charge in [-0.2, -0.15) is 0 Å². The Kier molecular flexibility index (Phi) is 4.39. The first-order chi connectivity index (χ1) is 9.54. The van der Waals surface area contributed by atoms with Gasteiger partial charge in [0.1, 0.15) is 5.76 Å². The van der Waals surface area contributed by atoms with Crippen molar-refractivity contribution in [2.45, 2.75) is 19.8 Å². The Morgan fingerprint density at radius 1 is 1.50 bits per heavy atom. The highest BCUT2D eigenvalue weighted by Gasteiger charge is 2.20. The summed E-state index contributed by atoms with van der Waals surface area (Å²) in [7, 11) is 0. The summed E-state index contributed by atoms with van der Waals surface area (Å²) < 4.78 is 11.0. The fourth-order valence-electron chi connectivity index (χ4n) is 1.88. The van der Waals surface area contributed by atoms with Gasteiger partial charge < -0.3 is 9.15 Å². The summed E-state index contributed by atoms with van der Waals surface area (Å²) in [4.78, 5) is 21.8. The average molecular weight is 342 g/mol. The predicted molar refractivity (Wildman–Crippen MR) is 75.5 cm³/mol. The summed E-state index contributed by atoms with van der Waals surface area (Å²) in [5.74, 6) is 0.178. The van der Waals surface area contributed by atoms with E-state index in [1.807, 2.05) is 0 Å². The topological polar surface area (TPSA) is 82.6 Å². The zero-order valence-corrected chi connectivity index (χ0v) is 12.3.